The van der Waals surface area contributed by atoms with E-state index in [1.54, 1.807) is 23.9 Å². The number of carbonyl (C=O) groups is 2. The van der Waals surface area contributed by atoms with E-state index in [0.29, 0.717) is 22.5 Å². The number of rotatable bonds is 12. The SMILES string of the molecule is CC(C)c1c(C(=O)N(C)Cc2cccc(F)c2)nn(-c2ccc(F)cc2)c1CC[C@@H](O)C[C@@H](O)CC(=O)[O-].[Na+]. The molecule has 204 valence electrons. The van der Waals surface area contributed by atoms with Crippen molar-refractivity contribution in [3.05, 3.63) is 82.7 Å². The predicted octanol–water partition coefficient (Wildman–Crippen LogP) is -0.265. The Hall–Kier alpha value is -2.63. The van der Waals surface area contributed by atoms with Gasteiger partial charge in [-0.1, -0.05) is 26.0 Å². The molecule has 3 aromatic rings. The minimum Gasteiger partial charge on any atom is -0.550 e. The van der Waals surface area contributed by atoms with Crippen LogP contribution in [-0.4, -0.2) is 56.0 Å². The maximum absolute atomic E-state index is 13.7. The molecule has 39 heavy (non-hydrogen) atoms. The van der Waals surface area contributed by atoms with Crippen LogP contribution in [-0.2, 0) is 17.8 Å². The third kappa shape index (κ3) is 8.94. The van der Waals surface area contributed by atoms with Crippen molar-refractivity contribution in [2.75, 3.05) is 7.05 Å². The fourth-order valence-corrected chi connectivity index (χ4v) is 4.44. The number of hydrogen-bond donors (Lipinski definition) is 2. The first-order valence-electron chi connectivity index (χ1n) is 12.4. The van der Waals surface area contributed by atoms with E-state index in [1.165, 1.54) is 41.3 Å². The Labute approximate surface area is 248 Å². The first-order chi connectivity index (χ1) is 18.0. The minimum absolute atomic E-state index is 0. The molecule has 8 nitrogen and oxygen atoms in total. The molecule has 0 bridgehead atoms. The Bertz CT molecular complexity index is 1270. The van der Waals surface area contributed by atoms with Gasteiger partial charge >= 0.3 is 29.6 Å². The molecule has 3 rings (SSSR count). The second-order valence-corrected chi connectivity index (χ2v) is 9.70. The standard InChI is InChI=1S/C28H33F2N3O5.Na/c1-17(2)26-24(12-11-22(34)14-23(35)15-25(36)37)33(21-9-7-19(29)8-10-21)31-27(26)28(38)32(3)16-18-5-4-6-20(30)13-18;/h4-10,13,17,22-23,34-35H,11-12,14-16H2,1-3H3,(H,36,37);/q;+1/p-1/t22-,23-;/m1./s1. The van der Waals surface area contributed by atoms with Crippen LogP contribution < -0.4 is 34.7 Å². The molecule has 0 radical (unpaired) electrons. The van der Waals surface area contributed by atoms with Crippen LogP contribution in [0.3, 0.4) is 0 Å². The predicted molar refractivity (Wildman–Crippen MR) is 134 cm³/mol. The number of aromatic nitrogens is 2. The van der Waals surface area contributed by atoms with E-state index in [9.17, 15) is 33.7 Å². The largest absolute Gasteiger partial charge is 1.00 e. The van der Waals surface area contributed by atoms with Gasteiger partial charge in [0.05, 0.1) is 17.9 Å². The number of hydrogen-bond acceptors (Lipinski definition) is 6. The summed E-state index contributed by atoms with van der Waals surface area (Å²) in [6.07, 6.45) is -2.61. The zero-order valence-electron chi connectivity index (χ0n) is 22.6. The summed E-state index contributed by atoms with van der Waals surface area (Å²) in [5.74, 6) is -2.79. The van der Waals surface area contributed by atoms with Crippen LogP contribution in [0.15, 0.2) is 48.5 Å². The number of nitrogens with zero attached hydrogens (tertiary/aromatic N) is 3. The summed E-state index contributed by atoms with van der Waals surface area (Å²) >= 11 is 0. The van der Waals surface area contributed by atoms with Gasteiger partial charge in [0.2, 0.25) is 0 Å². The topological polar surface area (TPSA) is 119 Å². The third-order valence-corrected chi connectivity index (χ3v) is 6.19. The summed E-state index contributed by atoms with van der Waals surface area (Å²) in [5.41, 5.74) is 2.59. The summed E-state index contributed by atoms with van der Waals surface area (Å²) in [6.45, 7) is 3.96. The maximum Gasteiger partial charge on any atom is 1.00 e. The number of aliphatic hydroxyl groups excluding tert-OH is 2. The molecule has 0 fully saturated rings. The monoisotopic (exact) mass is 551 g/mol. The van der Waals surface area contributed by atoms with E-state index < -0.39 is 36.2 Å². The summed E-state index contributed by atoms with van der Waals surface area (Å²) in [6, 6.07) is 11.6. The molecule has 1 heterocycles. The van der Waals surface area contributed by atoms with Crippen LogP contribution in [0.25, 0.3) is 5.69 Å². The molecule has 1 aromatic heterocycles. The van der Waals surface area contributed by atoms with E-state index in [4.69, 9.17) is 0 Å². The van der Waals surface area contributed by atoms with Gasteiger partial charge in [-0.15, -0.1) is 0 Å². The summed E-state index contributed by atoms with van der Waals surface area (Å²) in [7, 11) is 1.59. The molecule has 0 saturated carbocycles. The number of carboxylic acids is 1. The van der Waals surface area contributed by atoms with Gasteiger partial charge in [0.25, 0.3) is 5.91 Å². The average molecular weight is 552 g/mol. The molecule has 0 spiro atoms. The number of carboxylic acid groups (broad SMARTS) is 1. The molecule has 11 heteroatoms. The van der Waals surface area contributed by atoms with E-state index in [0.717, 1.165) is 0 Å². The van der Waals surface area contributed by atoms with E-state index >= 15 is 0 Å². The van der Waals surface area contributed by atoms with Crippen molar-refractivity contribution in [1.29, 1.82) is 0 Å². The normalized spacial score (nSPS) is 12.6. The number of carbonyl (C=O) groups excluding carboxylic acids is 2. The number of benzene rings is 2. The quantitative estimate of drug-likeness (QED) is 0.300. The number of aliphatic carboxylic acids is 1. The van der Waals surface area contributed by atoms with Crippen molar-refractivity contribution < 1.29 is 63.2 Å². The van der Waals surface area contributed by atoms with Crippen LogP contribution in [0, 0.1) is 11.6 Å². The molecule has 0 aliphatic heterocycles. The van der Waals surface area contributed by atoms with Crippen LogP contribution in [0.2, 0.25) is 0 Å². The molecule has 1 amide bonds. The van der Waals surface area contributed by atoms with Gasteiger partial charge in [-0.05, 0) is 67.1 Å². The maximum atomic E-state index is 13.7. The Morgan fingerprint density at radius 3 is 2.31 bits per heavy atom. The smallest absolute Gasteiger partial charge is 0.550 e. The van der Waals surface area contributed by atoms with Crippen molar-refractivity contribution >= 4 is 11.9 Å². The summed E-state index contributed by atoms with van der Waals surface area (Å²) in [4.78, 5) is 25.7. The number of aliphatic hydroxyl groups is 2. The van der Waals surface area contributed by atoms with E-state index in [2.05, 4.69) is 5.10 Å². The van der Waals surface area contributed by atoms with Crippen molar-refractivity contribution in [2.24, 2.45) is 0 Å². The van der Waals surface area contributed by atoms with Crippen molar-refractivity contribution in [2.45, 2.75) is 64.2 Å². The van der Waals surface area contributed by atoms with Gasteiger partial charge in [-0.2, -0.15) is 5.10 Å². The van der Waals surface area contributed by atoms with Crippen molar-refractivity contribution in [3.8, 4) is 5.69 Å². The minimum atomic E-state index is -1.41. The molecule has 2 atom stereocenters. The second-order valence-electron chi connectivity index (χ2n) is 9.70. The summed E-state index contributed by atoms with van der Waals surface area (Å²) in [5, 5.41) is 35.6. The number of halogens is 2. The first kappa shape index (κ1) is 32.6. The molecule has 2 N–H and O–H groups in total. The Kier molecular flexibility index (Phi) is 12.3. The van der Waals surface area contributed by atoms with Gasteiger partial charge in [0.1, 0.15) is 11.6 Å². The van der Waals surface area contributed by atoms with Gasteiger partial charge < -0.3 is 25.0 Å². The second kappa shape index (κ2) is 14.7. The Morgan fingerprint density at radius 1 is 1.05 bits per heavy atom. The van der Waals surface area contributed by atoms with Gasteiger partial charge in [-0.3, -0.25) is 4.79 Å². The summed E-state index contributed by atoms with van der Waals surface area (Å²) < 4.78 is 28.8. The molecule has 2 aromatic carbocycles. The molecular weight excluding hydrogens is 519 g/mol. The fourth-order valence-electron chi connectivity index (χ4n) is 4.44. The van der Waals surface area contributed by atoms with Crippen LogP contribution >= 0.6 is 0 Å². The molecule has 0 aliphatic carbocycles. The fraction of sp³-hybridized carbons (Fsp3) is 0.393. The number of amides is 1. The van der Waals surface area contributed by atoms with E-state index in [-0.39, 0.29) is 72.9 Å². The molecule has 0 aliphatic rings. The third-order valence-electron chi connectivity index (χ3n) is 6.19. The van der Waals surface area contributed by atoms with E-state index in [1.807, 2.05) is 13.8 Å². The zero-order chi connectivity index (χ0) is 28.0. The van der Waals surface area contributed by atoms with Crippen LogP contribution in [0.5, 0.6) is 0 Å². The van der Waals surface area contributed by atoms with Crippen LogP contribution in [0.4, 0.5) is 8.78 Å². The molecular formula is C28H32F2N3NaO5. The van der Waals surface area contributed by atoms with Crippen molar-refractivity contribution in [1.82, 2.24) is 14.7 Å². The van der Waals surface area contributed by atoms with Gasteiger partial charge in [0.15, 0.2) is 5.69 Å². The Morgan fingerprint density at radius 2 is 1.72 bits per heavy atom. The first-order valence-corrected chi connectivity index (χ1v) is 12.4. The van der Waals surface area contributed by atoms with Gasteiger partial charge in [-0.25, -0.2) is 13.5 Å². The van der Waals surface area contributed by atoms with Crippen LogP contribution in [0.1, 0.15) is 66.3 Å². The molecule has 0 saturated heterocycles. The molecule has 0 unspecified atom stereocenters. The van der Waals surface area contributed by atoms with Crippen molar-refractivity contribution in [3.63, 3.8) is 0 Å². The Balaban J connectivity index is 0.00000533. The average Bonchev–Trinajstić information content (AvgIpc) is 3.22. The van der Waals surface area contributed by atoms with Gasteiger partial charge in [0, 0.05) is 37.2 Å². The zero-order valence-corrected chi connectivity index (χ0v) is 24.6.